The lowest BCUT2D eigenvalue weighted by Gasteiger charge is -2.11. The molecule has 3 rings (SSSR count). The topological polar surface area (TPSA) is 119 Å². The summed E-state index contributed by atoms with van der Waals surface area (Å²) in [5, 5.41) is 4.76. The van der Waals surface area contributed by atoms with E-state index in [1.807, 2.05) is 0 Å². The second kappa shape index (κ2) is 7.55. The summed E-state index contributed by atoms with van der Waals surface area (Å²) in [5.74, 6) is -0.174. The number of anilines is 1. The average Bonchev–Trinajstić information content (AvgIpc) is 3.03. The van der Waals surface area contributed by atoms with E-state index in [0.29, 0.717) is 0 Å². The Balaban J connectivity index is 2.26. The first-order chi connectivity index (χ1) is 14.0. The van der Waals surface area contributed by atoms with Gasteiger partial charge in [0.05, 0.1) is 27.9 Å². The Morgan fingerprint density at radius 1 is 1.23 bits per heavy atom. The van der Waals surface area contributed by atoms with E-state index < -0.39 is 27.7 Å². The van der Waals surface area contributed by atoms with Crippen LogP contribution < -0.4 is 10.6 Å². The van der Waals surface area contributed by atoms with Crippen molar-refractivity contribution in [2.75, 3.05) is 18.1 Å². The summed E-state index contributed by atoms with van der Waals surface area (Å²) >= 11 is 0. The van der Waals surface area contributed by atoms with Gasteiger partial charge in [-0.3, -0.25) is 5.32 Å². The van der Waals surface area contributed by atoms with Crippen LogP contribution in [0.25, 0.3) is 22.6 Å². The summed E-state index contributed by atoms with van der Waals surface area (Å²) in [6, 6.07) is 2.78. The van der Waals surface area contributed by atoms with Crippen molar-refractivity contribution in [2.45, 2.75) is 18.0 Å². The average molecular weight is 442 g/mol. The molecule has 3 aromatic rings. The number of pyridine rings is 2. The van der Waals surface area contributed by atoms with Crippen molar-refractivity contribution in [1.82, 2.24) is 24.8 Å². The van der Waals surface area contributed by atoms with Gasteiger partial charge in [-0.25, -0.2) is 28.2 Å². The molecule has 13 heteroatoms. The molecule has 9 nitrogen and oxygen atoms in total. The molecule has 30 heavy (non-hydrogen) atoms. The van der Waals surface area contributed by atoms with Crippen LogP contribution in [0.3, 0.4) is 0 Å². The molecule has 0 bridgehead atoms. The number of sulfone groups is 1. The quantitative estimate of drug-likeness (QED) is 0.641. The molecule has 0 aliphatic rings. The minimum Gasteiger partial charge on any atom is -0.341 e. The zero-order chi connectivity index (χ0) is 22.3. The number of hydrogen-bond acceptors (Lipinski definition) is 6. The summed E-state index contributed by atoms with van der Waals surface area (Å²) in [4.78, 5) is 23.2. The molecular weight excluding hydrogens is 425 g/mol. The number of nitrogens with zero attached hydrogens (tertiary/aromatic N) is 4. The number of aryl methyl sites for hydroxylation is 1. The first kappa shape index (κ1) is 21.5. The van der Waals surface area contributed by atoms with Gasteiger partial charge >= 0.3 is 12.2 Å². The Labute approximate surface area is 169 Å². The lowest BCUT2D eigenvalue weighted by Crippen LogP contribution is -2.25. The maximum absolute atomic E-state index is 13.0. The van der Waals surface area contributed by atoms with Crippen LogP contribution in [-0.2, 0) is 23.1 Å². The van der Waals surface area contributed by atoms with Crippen LogP contribution in [0.15, 0.2) is 29.3 Å². The van der Waals surface area contributed by atoms with Gasteiger partial charge in [0, 0.05) is 14.1 Å². The molecule has 0 saturated heterocycles. The van der Waals surface area contributed by atoms with E-state index in [-0.39, 0.29) is 39.0 Å². The Kier molecular flexibility index (Phi) is 5.41. The third-order valence-electron chi connectivity index (χ3n) is 4.31. The van der Waals surface area contributed by atoms with Crippen molar-refractivity contribution < 1.29 is 26.4 Å². The number of aromatic nitrogens is 4. The highest BCUT2D eigenvalue weighted by Crippen LogP contribution is 2.32. The van der Waals surface area contributed by atoms with Crippen molar-refractivity contribution in [3.05, 3.63) is 30.1 Å². The smallest absolute Gasteiger partial charge is 0.341 e. The Bertz CT molecular complexity index is 1240. The molecule has 3 aromatic heterocycles. The van der Waals surface area contributed by atoms with E-state index in [0.717, 1.165) is 12.3 Å². The maximum Gasteiger partial charge on any atom is 0.433 e. The van der Waals surface area contributed by atoms with Crippen molar-refractivity contribution in [2.24, 2.45) is 7.05 Å². The maximum atomic E-state index is 13.0. The van der Waals surface area contributed by atoms with E-state index in [9.17, 15) is 26.4 Å². The number of amides is 2. The molecule has 160 valence electrons. The van der Waals surface area contributed by atoms with Crippen LogP contribution in [0.5, 0.6) is 0 Å². The number of imidazole rings is 1. The molecule has 0 fully saturated rings. The molecule has 0 saturated carbocycles. The van der Waals surface area contributed by atoms with E-state index in [4.69, 9.17) is 0 Å². The van der Waals surface area contributed by atoms with Crippen molar-refractivity contribution >= 4 is 32.7 Å². The van der Waals surface area contributed by atoms with Crippen LogP contribution in [0, 0.1) is 0 Å². The SMILES string of the molecule is CCS(=O)(=O)c1ccc(NC(=O)NC)nc1-c1nc2cc(C(F)(F)F)ncc2n1C. The molecular formula is C17H17F3N6O3S. The normalized spacial score (nSPS) is 12.2. The fourth-order valence-electron chi connectivity index (χ4n) is 2.72. The molecule has 2 amide bonds. The van der Waals surface area contributed by atoms with Gasteiger partial charge in [0.15, 0.2) is 15.7 Å². The molecule has 0 aliphatic heterocycles. The van der Waals surface area contributed by atoms with Crippen molar-refractivity contribution in [3.8, 4) is 11.5 Å². The number of alkyl halides is 3. The van der Waals surface area contributed by atoms with Crippen molar-refractivity contribution in [3.63, 3.8) is 0 Å². The molecule has 0 spiro atoms. The van der Waals surface area contributed by atoms with Crippen LogP contribution >= 0.6 is 0 Å². The highest BCUT2D eigenvalue weighted by molar-refractivity contribution is 7.91. The zero-order valence-corrected chi connectivity index (χ0v) is 16.9. The van der Waals surface area contributed by atoms with Crippen molar-refractivity contribution in [1.29, 1.82) is 0 Å². The number of urea groups is 1. The highest BCUT2D eigenvalue weighted by Gasteiger charge is 2.33. The van der Waals surface area contributed by atoms with Gasteiger partial charge in [-0.15, -0.1) is 0 Å². The zero-order valence-electron chi connectivity index (χ0n) is 16.1. The van der Waals surface area contributed by atoms with Gasteiger partial charge in [0.25, 0.3) is 0 Å². The van der Waals surface area contributed by atoms with Gasteiger partial charge in [0.2, 0.25) is 0 Å². The number of rotatable bonds is 4. The molecule has 0 aliphatic carbocycles. The molecule has 0 unspecified atom stereocenters. The summed E-state index contributed by atoms with van der Waals surface area (Å²) in [6.45, 7) is 1.45. The largest absolute Gasteiger partial charge is 0.433 e. The molecule has 0 atom stereocenters. The number of carbonyl (C=O) groups excluding carboxylic acids is 1. The Hall–Kier alpha value is -3.22. The number of hydrogen-bond donors (Lipinski definition) is 2. The minimum atomic E-state index is -4.65. The van der Waals surface area contributed by atoms with Crippen LogP contribution in [0.1, 0.15) is 12.6 Å². The van der Waals surface area contributed by atoms with E-state index in [1.54, 1.807) is 0 Å². The summed E-state index contributed by atoms with van der Waals surface area (Å²) in [6.07, 6.45) is -3.65. The number of halogens is 3. The predicted octanol–water partition coefficient (Wildman–Crippen LogP) is 2.59. The van der Waals surface area contributed by atoms with E-state index in [2.05, 4.69) is 25.6 Å². The van der Waals surface area contributed by atoms with Gasteiger partial charge in [0.1, 0.15) is 17.2 Å². The fourth-order valence-corrected chi connectivity index (χ4v) is 3.73. The first-order valence-electron chi connectivity index (χ1n) is 8.60. The monoisotopic (exact) mass is 442 g/mol. The molecule has 0 radical (unpaired) electrons. The molecule has 2 N–H and O–H groups in total. The first-order valence-corrected chi connectivity index (χ1v) is 10.3. The summed E-state index contributed by atoms with van der Waals surface area (Å²) in [5.41, 5.74) is -0.993. The van der Waals surface area contributed by atoms with Gasteiger partial charge < -0.3 is 9.88 Å². The van der Waals surface area contributed by atoms with E-state index in [1.165, 1.54) is 37.7 Å². The van der Waals surface area contributed by atoms with Crippen LogP contribution in [0.2, 0.25) is 0 Å². The molecule has 0 aromatic carbocycles. The third kappa shape index (κ3) is 3.92. The minimum absolute atomic E-state index is 0.0127. The fraction of sp³-hybridized carbons (Fsp3) is 0.294. The van der Waals surface area contributed by atoms with Crippen LogP contribution in [0.4, 0.5) is 23.8 Å². The van der Waals surface area contributed by atoms with Gasteiger partial charge in [-0.1, -0.05) is 6.92 Å². The summed E-state index contributed by atoms with van der Waals surface area (Å²) < 4.78 is 65.5. The lowest BCUT2D eigenvalue weighted by molar-refractivity contribution is -0.141. The number of nitrogens with one attached hydrogen (secondary N) is 2. The standard InChI is InChI=1S/C17H17F3N6O3S/c1-4-30(28,29)11-5-6-13(25-16(27)21-2)24-14(11)15-23-9-7-12(17(18,19)20)22-8-10(9)26(15)3/h5-8H,4H2,1-3H3,(H2,21,24,25,27). The second-order valence-electron chi connectivity index (χ2n) is 6.20. The number of fused-ring (bicyclic) bond motifs is 1. The predicted molar refractivity (Wildman–Crippen MR) is 103 cm³/mol. The second-order valence-corrected chi connectivity index (χ2v) is 8.45. The highest BCUT2D eigenvalue weighted by atomic mass is 32.2. The summed E-state index contributed by atoms with van der Waals surface area (Å²) in [7, 11) is -0.859. The Morgan fingerprint density at radius 2 is 1.93 bits per heavy atom. The van der Waals surface area contributed by atoms with Gasteiger partial charge in [-0.05, 0) is 18.2 Å². The third-order valence-corrected chi connectivity index (χ3v) is 6.07. The molecule has 3 heterocycles. The van der Waals surface area contributed by atoms with Crippen LogP contribution in [-0.4, -0.2) is 46.8 Å². The Morgan fingerprint density at radius 3 is 2.53 bits per heavy atom. The van der Waals surface area contributed by atoms with Gasteiger partial charge in [-0.2, -0.15) is 13.2 Å². The lowest BCUT2D eigenvalue weighted by atomic mass is 10.3. The van der Waals surface area contributed by atoms with E-state index >= 15 is 0 Å². The number of carbonyl (C=O) groups is 1.